The van der Waals surface area contributed by atoms with Crippen LogP contribution < -0.4 is 10.6 Å². The number of nitrogens with zero attached hydrogens (tertiary/aromatic N) is 2. The second kappa shape index (κ2) is 3.80. The number of aliphatic hydroxyl groups is 1. The predicted molar refractivity (Wildman–Crippen MR) is 55.6 cm³/mol. The van der Waals surface area contributed by atoms with E-state index in [0.717, 1.165) is 17.4 Å². The summed E-state index contributed by atoms with van der Waals surface area (Å²) in [6, 6.07) is 0. The monoisotopic (exact) mass is 214 g/mol. The van der Waals surface area contributed by atoms with Crippen molar-refractivity contribution in [3.63, 3.8) is 0 Å². The van der Waals surface area contributed by atoms with Gasteiger partial charge in [-0.1, -0.05) is 6.92 Å². The van der Waals surface area contributed by atoms with Crippen molar-refractivity contribution in [2.75, 3.05) is 25.0 Å². The first-order chi connectivity index (χ1) is 6.72. The van der Waals surface area contributed by atoms with Crippen LogP contribution >= 0.6 is 11.5 Å². The van der Waals surface area contributed by atoms with Crippen LogP contribution in [0.4, 0.5) is 5.13 Å². The molecule has 2 heterocycles. The third-order valence-corrected chi connectivity index (χ3v) is 2.97. The molecule has 1 aromatic rings. The molecule has 14 heavy (non-hydrogen) atoms. The summed E-state index contributed by atoms with van der Waals surface area (Å²) in [6.07, 6.45) is 0.851. The van der Waals surface area contributed by atoms with Crippen molar-refractivity contribution in [2.45, 2.75) is 18.9 Å². The van der Waals surface area contributed by atoms with Gasteiger partial charge in [-0.25, -0.2) is 4.98 Å². The first-order valence-corrected chi connectivity index (χ1v) is 5.49. The van der Waals surface area contributed by atoms with Gasteiger partial charge in [0.05, 0.1) is 0 Å². The number of aryl methyl sites for hydroxylation is 1. The maximum absolute atomic E-state index is 9.77. The van der Waals surface area contributed by atoms with Crippen LogP contribution in [0.2, 0.25) is 0 Å². The molecule has 0 unspecified atom stereocenters. The van der Waals surface area contributed by atoms with E-state index in [-0.39, 0.29) is 0 Å². The van der Waals surface area contributed by atoms with Crippen molar-refractivity contribution in [1.82, 2.24) is 14.7 Å². The molecule has 78 valence electrons. The Hall–Kier alpha value is -0.720. The van der Waals surface area contributed by atoms with Gasteiger partial charge in [0, 0.05) is 37.6 Å². The van der Waals surface area contributed by atoms with Crippen LogP contribution in [0.25, 0.3) is 0 Å². The van der Waals surface area contributed by atoms with E-state index in [2.05, 4.69) is 20.0 Å². The SMILES string of the molecule is CCc1nsc(NCC2(O)CNC2)n1. The van der Waals surface area contributed by atoms with E-state index >= 15 is 0 Å². The molecule has 5 nitrogen and oxygen atoms in total. The molecule has 1 aromatic heterocycles. The van der Waals surface area contributed by atoms with E-state index in [1.807, 2.05) is 6.92 Å². The van der Waals surface area contributed by atoms with Gasteiger partial charge >= 0.3 is 0 Å². The molecule has 1 saturated heterocycles. The number of rotatable bonds is 4. The lowest BCUT2D eigenvalue weighted by Gasteiger charge is -2.37. The normalized spacial score (nSPS) is 19.0. The molecular weight excluding hydrogens is 200 g/mol. The fraction of sp³-hybridized carbons (Fsp3) is 0.750. The Morgan fingerprint density at radius 2 is 2.43 bits per heavy atom. The zero-order valence-electron chi connectivity index (χ0n) is 8.08. The van der Waals surface area contributed by atoms with Crippen molar-refractivity contribution in [2.24, 2.45) is 0 Å². The minimum absolute atomic E-state index is 0.540. The highest BCUT2D eigenvalue weighted by Gasteiger charge is 2.34. The molecule has 0 aromatic carbocycles. The van der Waals surface area contributed by atoms with Crippen molar-refractivity contribution in [3.8, 4) is 0 Å². The van der Waals surface area contributed by atoms with Gasteiger partial charge in [-0.15, -0.1) is 0 Å². The van der Waals surface area contributed by atoms with Gasteiger partial charge in [0.25, 0.3) is 0 Å². The molecule has 0 saturated carbocycles. The van der Waals surface area contributed by atoms with Crippen molar-refractivity contribution in [1.29, 1.82) is 0 Å². The summed E-state index contributed by atoms with van der Waals surface area (Å²) in [7, 11) is 0. The van der Waals surface area contributed by atoms with Crippen LogP contribution in [0, 0.1) is 0 Å². The average molecular weight is 214 g/mol. The fourth-order valence-corrected chi connectivity index (χ4v) is 1.89. The van der Waals surface area contributed by atoms with E-state index in [0.29, 0.717) is 19.6 Å². The van der Waals surface area contributed by atoms with Crippen molar-refractivity contribution in [3.05, 3.63) is 5.82 Å². The Kier molecular flexibility index (Phi) is 2.66. The van der Waals surface area contributed by atoms with Gasteiger partial charge in [0.15, 0.2) is 0 Å². The molecule has 0 bridgehead atoms. The second-order valence-corrected chi connectivity index (χ2v) is 4.30. The summed E-state index contributed by atoms with van der Waals surface area (Å²) >= 11 is 1.35. The summed E-state index contributed by atoms with van der Waals surface area (Å²) < 4.78 is 4.15. The van der Waals surface area contributed by atoms with Crippen LogP contribution in [0.15, 0.2) is 0 Å². The lowest BCUT2D eigenvalue weighted by molar-refractivity contribution is 0.00312. The Morgan fingerprint density at radius 1 is 1.64 bits per heavy atom. The number of nitrogens with one attached hydrogen (secondary N) is 2. The number of hydrogen-bond donors (Lipinski definition) is 3. The average Bonchev–Trinajstić information content (AvgIpc) is 2.59. The molecule has 0 atom stereocenters. The van der Waals surface area contributed by atoms with Gasteiger partial charge in [-0.05, 0) is 0 Å². The van der Waals surface area contributed by atoms with Gasteiger partial charge in [0.1, 0.15) is 11.4 Å². The van der Waals surface area contributed by atoms with Crippen LogP contribution in [0.1, 0.15) is 12.7 Å². The fourth-order valence-electron chi connectivity index (χ4n) is 1.25. The minimum Gasteiger partial charge on any atom is -0.385 e. The molecule has 1 fully saturated rings. The number of β-amino-alcohol motifs (C(OH)–C–C–N with tert-alkyl or cyclic N) is 1. The first-order valence-electron chi connectivity index (χ1n) is 4.71. The molecule has 0 radical (unpaired) electrons. The predicted octanol–water partition coefficient (Wildman–Crippen LogP) is -0.153. The molecule has 3 N–H and O–H groups in total. The molecule has 6 heteroatoms. The Balaban J connectivity index is 1.85. The summed E-state index contributed by atoms with van der Waals surface area (Å²) in [5.41, 5.74) is -0.599. The Morgan fingerprint density at radius 3 is 2.93 bits per heavy atom. The van der Waals surface area contributed by atoms with Crippen LogP contribution in [-0.2, 0) is 6.42 Å². The molecule has 0 amide bonds. The largest absolute Gasteiger partial charge is 0.385 e. The second-order valence-electron chi connectivity index (χ2n) is 3.55. The summed E-state index contributed by atoms with van der Waals surface area (Å²) in [5, 5.41) is 16.7. The third-order valence-electron chi connectivity index (χ3n) is 2.26. The highest BCUT2D eigenvalue weighted by atomic mass is 32.1. The third kappa shape index (κ3) is 2.02. The molecule has 1 aliphatic heterocycles. The van der Waals surface area contributed by atoms with Crippen LogP contribution in [-0.4, -0.2) is 39.7 Å². The maximum atomic E-state index is 9.77. The summed E-state index contributed by atoms with van der Waals surface area (Å²) in [5.74, 6) is 0.858. The van der Waals surface area contributed by atoms with E-state index in [1.54, 1.807) is 0 Å². The van der Waals surface area contributed by atoms with Gasteiger partial charge in [-0.2, -0.15) is 4.37 Å². The molecular formula is C8H14N4OS. The highest BCUT2D eigenvalue weighted by molar-refractivity contribution is 7.09. The smallest absolute Gasteiger partial charge is 0.202 e. The van der Waals surface area contributed by atoms with E-state index in [9.17, 15) is 5.11 Å². The molecule has 2 rings (SSSR count). The Bertz CT molecular complexity index is 310. The van der Waals surface area contributed by atoms with E-state index < -0.39 is 5.60 Å². The minimum atomic E-state index is -0.599. The first kappa shape index (κ1) is 9.82. The number of hydrogen-bond acceptors (Lipinski definition) is 6. The highest BCUT2D eigenvalue weighted by Crippen LogP contribution is 2.15. The molecule has 0 spiro atoms. The van der Waals surface area contributed by atoms with E-state index in [4.69, 9.17) is 0 Å². The van der Waals surface area contributed by atoms with Gasteiger partial charge in [-0.3, -0.25) is 0 Å². The van der Waals surface area contributed by atoms with Crippen LogP contribution in [0.5, 0.6) is 0 Å². The lowest BCUT2D eigenvalue weighted by Crippen LogP contribution is -2.62. The zero-order valence-corrected chi connectivity index (χ0v) is 8.89. The quantitative estimate of drug-likeness (QED) is 0.650. The molecule has 1 aliphatic rings. The van der Waals surface area contributed by atoms with Crippen molar-refractivity contribution < 1.29 is 5.11 Å². The Labute approximate surface area is 86.7 Å². The summed E-state index contributed by atoms with van der Waals surface area (Å²) in [4.78, 5) is 4.25. The maximum Gasteiger partial charge on any atom is 0.202 e. The van der Waals surface area contributed by atoms with Gasteiger partial charge in [0.2, 0.25) is 5.13 Å². The zero-order chi connectivity index (χ0) is 10.0. The van der Waals surface area contributed by atoms with Crippen LogP contribution in [0.3, 0.4) is 0 Å². The number of anilines is 1. The van der Waals surface area contributed by atoms with E-state index in [1.165, 1.54) is 11.5 Å². The number of aromatic nitrogens is 2. The lowest BCUT2D eigenvalue weighted by atomic mass is 9.98. The standard InChI is InChI=1S/C8H14N4OS/c1-2-6-11-7(14-12-6)10-5-8(13)3-9-4-8/h9,13H,2-5H2,1H3,(H,10,11,12). The topological polar surface area (TPSA) is 70.1 Å². The molecule has 0 aliphatic carbocycles. The van der Waals surface area contributed by atoms with Gasteiger partial charge < -0.3 is 15.7 Å². The van der Waals surface area contributed by atoms with Crippen molar-refractivity contribution >= 4 is 16.7 Å². The summed E-state index contributed by atoms with van der Waals surface area (Å²) in [6.45, 7) is 3.87.